The molecule has 1 aliphatic rings. The van der Waals surface area contributed by atoms with Gasteiger partial charge in [-0.25, -0.2) is 4.98 Å². The third-order valence-corrected chi connectivity index (χ3v) is 3.70. The predicted octanol–water partition coefficient (Wildman–Crippen LogP) is 3.16. The summed E-state index contributed by atoms with van der Waals surface area (Å²) in [6, 6.07) is 6.52. The highest BCUT2D eigenvalue weighted by Crippen LogP contribution is 2.32. The zero-order valence-electron chi connectivity index (χ0n) is 11.7. The molecular weight excluding hydrogens is 236 g/mol. The molecule has 4 heteroatoms. The zero-order chi connectivity index (χ0) is 13.4. The largest absolute Gasteiger partial charge is 0.399 e. The van der Waals surface area contributed by atoms with Crippen LogP contribution in [0.15, 0.2) is 18.2 Å². The average Bonchev–Trinajstić information content (AvgIpc) is 3.09. The van der Waals surface area contributed by atoms with Crippen molar-refractivity contribution in [2.75, 3.05) is 17.2 Å². The number of aromatic nitrogens is 2. The maximum atomic E-state index is 5.82. The molecule has 1 aliphatic carbocycles. The van der Waals surface area contributed by atoms with Crippen LogP contribution < -0.4 is 10.6 Å². The number of hydrogen-bond acceptors (Lipinski definition) is 3. The quantitative estimate of drug-likeness (QED) is 0.810. The normalized spacial score (nSPS) is 15.3. The van der Waals surface area contributed by atoms with Gasteiger partial charge in [0.05, 0.1) is 11.0 Å². The first kappa shape index (κ1) is 12.3. The number of H-pyrrole nitrogens is 1. The van der Waals surface area contributed by atoms with Gasteiger partial charge in [0.2, 0.25) is 5.95 Å². The van der Waals surface area contributed by atoms with E-state index in [1.54, 1.807) is 0 Å². The average molecular weight is 258 g/mol. The van der Waals surface area contributed by atoms with Crippen molar-refractivity contribution in [3.8, 4) is 0 Å². The summed E-state index contributed by atoms with van der Waals surface area (Å²) >= 11 is 0. The number of anilines is 2. The zero-order valence-corrected chi connectivity index (χ0v) is 11.7. The van der Waals surface area contributed by atoms with Crippen molar-refractivity contribution in [1.82, 2.24) is 9.97 Å². The number of nitrogens with one attached hydrogen (secondary N) is 1. The van der Waals surface area contributed by atoms with Gasteiger partial charge < -0.3 is 15.6 Å². The summed E-state index contributed by atoms with van der Waals surface area (Å²) in [5.41, 5.74) is 8.63. The number of rotatable bonds is 5. The first-order valence-corrected chi connectivity index (χ1v) is 7.15. The second kappa shape index (κ2) is 4.76. The van der Waals surface area contributed by atoms with Gasteiger partial charge in [0, 0.05) is 18.3 Å². The van der Waals surface area contributed by atoms with Crippen LogP contribution in [0.4, 0.5) is 11.6 Å². The van der Waals surface area contributed by atoms with E-state index in [0.29, 0.717) is 6.04 Å². The molecule has 0 spiro atoms. The van der Waals surface area contributed by atoms with Gasteiger partial charge in [0.25, 0.3) is 0 Å². The molecule has 1 fully saturated rings. The molecule has 3 rings (SSSR count). The lowest BCUT2D eigenvalue weighted by atomic mass is 10.1. The van der Waals surface area contributed by atoms with Crippen molar-refractivity contribution < 1.29 is 0 Å². The number of nitrogen functional groups attached to an aromatic ring is 1. The van der Waals surface area contributed by atoms with E-state index in [1.165, 1.54) is 19.3 Å². The fourth-order valence-corrected chi connectivity index (χ4v) is 2.39. The smallest absolute Gasteiger partial charge is 0.204 e. The van der Waals surface area contributed by atoms with Gasteiger partial charge in [-0.15, -0.1) is 0 Å². The highest BCUT2D eigenvalue weighted by atomic mass is 15.3. The van der Waals surface area contributed by atoms with Gasteiger partial charge in [-0.05, 0) is 43.4 Å². The highest BCUT2D eigenvalue weighted by molar-refractivity contribution is 5.81. The molecule has 0 amide bonds. The van der Waals surface area contributed by atoms with Crippen LogP contribution in [-0.4, -0.2) is 22.6 Å². The molecule has 0 unspecified atom stereocenters. The van der Waals surface area contributed by atoms with Gasteiger partial charge in [0.15, 0.2) is 0 Å². The Labute approximate surface area is 114 Å². The fourth-order valence-electron chi connectivity index (χ4n) is 2.39. The van der Waals surface area contributed by atoms with E-state index in [0.717, 1.165) is 35.1 Å². The molecule has 4 nitrogen and oxygen atoms in total. The molecule has 0 radical (unpaired) electrons. The summed E-state index contributed by atoms with van der Waals surface area (Å²) in [6.45, 7) is 5.62. The molecule has 1 heterocycles. The summed E-state index contributed by atoms with van der Waals surface area (Å²) in [5.74, 6) is 1.73. The Hall–Kier alpha value is -1.71. The minimum Gasteiger partial charge on any atom is -0.399 e. The first-order valence-electron chi connectivity index (χ1n) is 7.15. The Morgan fingerprint density at radius 3 is 2.89 bits per heavy atom. The van der Waals surface area contributed by atoms with Crippen molar-refractivity contribution in [2.45, 2.75) is 39.2 Å². The summed E-state index contributed by atoms with van der Waals surface area (Å²) < 4.78 is 0. The summed E-state index contributed by atoms with van der Waals surface area (Å²) in [5, 5.41) is 0. The third-order valence-electron chi connectivity index (χ3n) is 3.70. The molecule has 102 valence electrons. The van der Waals surface area contributed by atoms with Crippen LogP contribution in [0, 0.1) is 5.92 Å². The Morgan fingerprint density at radius 2 is 2.21 bits per heavy atom. The standard InChI is InChI=1S/C15H22N4/c1-10(2)7-8-19(12-4-5-12)15-17-13-6-3-11(16)9-14(13)18-15/h3,6,9-10,12H,4-5,7-8,16H2,1-2H3,(H,17,18). The minimum absolute atomic E-state index is 0.677. The lowest BCUT2D eigenvalue weighted by Crippen LogP contribution is -2.28. The number of nitrogens with zero attached hydrogens (tertiary/aromatic N) is 2. The van der Waals surface area contributed by atoms with Crippen LogP contribution in [0.1, 0.15) is 33.1 Å². The van der Waals surface area contributed by atoms with Gasteiger partial charge in [-0.3, -0.25) is 0 Å². The van der Waals surface area contributed by atoms with Crippen LogP contribution in [0.3, 0.4) is 0 Å². The number of hydrogen-bond donors (Lipinski definition) is 2. The summed E-state index contributed by atoms with van der Waals surface area (Å²) in [6.07, 6.45) is 3.78. The molecule has 0 aliphatic heterocycles. The lowest BCUT2D eigenvalue weighted by molar-refractivity contribution is 0.567. The topological polar surface area (TPSA) is 57.9 Å². The molecule has 2 aromatic rings. The van der Waals surface area contributed by atoms with Gasteiger partial charge in [-0.2, -0.15) is 0 Å². The minimum atomic E-state index is 0.677. The number of nitrogens with two attached hydrogens (primary N) is 1. The van der Waals surface area contributed by atoms with E-state index in [1.807, 2.05) is 18.2 Å². The molecule has 1 aromatic heterocycles. The second-order valence-electron chi connectivity index (χ2n) is 5.94. The van der Waals surface area contributed by atoms with Crippen LogP contribution in [0.5, 0.6) is 0 Å². The number of benzene rings is 1. The van der Waals surface area contributed by atoms with Crippen molar-refractivity contribution >= 4 is 22.7 Å². The molecular formula is C15H22N4. The Bertz CT molecular complexity index is 569. The lowest BCUT2D eigenvalue weighted by Gasteiger charge is -2.22. The van der Waals surface area contributed by atoms with E-state index in [4.69, 9.17) is 10.7 Å². The number of imidazole rings is 1. The SMILES string of the molecule is CC(C)CCN(c1nc2ccc(N)cc2[nH]1)C1CC1. The molecule has 1 aromatic carbocycles. The molecule has 0 atom stereocenters. The Balaban J connectivity index is 1.87. The third kappa shape index (κ3) is 2.67. The second-order valence-corrected chi connectivity index (χ2v) is 5.94. The summed E-state index contributed by atoms with van der Waals surface area (Å²) in [7, 11) is 0. The molecule has 19 heavy (non-hydrogen) atoms. The van der Waals surface area contributed by atoms with Crippen molar-refractivity contribution in [3.05, 3.63) is 18.2 Å². The molecule has 0 bridgehead atoms. The Morgan fingerprint density at radius 1 is 1.42 bits per heavy atom. The van der Waals surface area contributed by atoms with Gasteiger partial charge in [-0.1, -0.05) is 13.8 Å². The molecule has 0 saturated heterocycles. The van der Waals surface area contributed by atoms with Gasteiger partial charge in [0.1, 0.15) is 0 Å². The van der Waals surface area contributed by atoms with Crippen LogP contribution in [0.2, 0.25) is 0 Å². The van der Waals surface area contributed by atoms with Crippen molar-refractivity contribution in [2.24, 2.45) is 5.92 Å². The maximum absolute atomic E-state index is 5.82. The predicted molar refractivity (Wildman–Crippen MR) is 80.3 cm³/mol. The van der Waals surface area contributed by atoms with E-state index >= 15 is 0 Å². The summed E-state index contributed by atoms with van der Waals surface area (Å²) in [4.78, 5) is 10.6. The van der Waals surface area contributed by atoms with Crippen LogP contribution >= 0.6 is 0 Å². The number of aromatic amines is 1. The van der Waals surface area contributed by atoms with Crippen molar-refractivity contribution in [1.29, 1.82) is 0 Å². The Kier molecular flexibility index (Phi) is 3.09. The van der Waals surface area contributed by atoms with Crippen molar-refractivity contribution in [3.63, 3.8) is 0 Å². The molecule has 1 saturated carbocycles. The fraction of sp³-hybridized carbons (Fsp3) is 0.533. The van der Waals surface area contributed by atoms with Gasteiger partial charge >= 0.3 is 0 Å². The highest BCUT2D eigenvalue weighted by Gasteiger charge is 2.30. The van der Waals surface area contributed by atoms with Crippen LogP contribution in [0.25, 0.3) is 11.0 Å². The van der Waals surface area contributed by atoms with E-state index in [-0.39, 0.29) is 0 Å². The monoisotopic (exact) mass is 258 g/mol. The number of fused-ring (bicyclic) bond motifs is 1. The first-order chi connectivity index (χ1) is 9.13. The van der Waals surface area contributed by atoms with E-state index in [9.17, 15) is 0 Å². The molecule has 3 N–H and O–H groups in total. The van der Waals surface area contributed by atoms with E-state index in [2.05, 4.69) is 23.7 Å². The van der Waals surface area contributed by atoms with E-state index < -0.39 is 0 Å². The maximum Gasteiger partial charge on any atom is 0.204 e. The van der Waals surface area contributed by atoms with Crippen LogP contribution in [-0.2, 0) is 0 Å².